The van der Waals surface area contributed by atoms with Crippen molar-refractivity contribution in [1.29, 1.82) is 0 Å². The Morgan fingerprint density at radius 1 is 1.43 bits per heavy atom. The lowest BCUT2D eigenvalue weighted by Crippen LogP contribution is -2.24. The highest BCUT2D eigenvalue weighted by atomic mass is 19.1. The molecule has 0 aromatic heterocycles. The van der Waals surface area contributed by atoms with Gasteiger partial charge in [0.05, 0.1) is 0 Å². The van der Waals surface area contributed by atoms with Crippen molar-refractivity contribution >= 4 is 0 Å². The fourth-order valence-electron chi connectivity index (χ4n) is 1.97. The zero-order valence-corrected chi connectivity index (χ0v) is 8.11. The third-order valence-electron chi connectivity index (χ3n) is 2.79. The summed E-state index contributed by atoms with van der Waals surface area (Å²) >= 11 is 0. The lowest BCUT2D eigenvalue weighted by molar-refractivity contribution is 0.191. The largest absolute Gasteiger partial charge is 0.313 e. The molecule has 14 heavy (non-hydrogen) atoms. The van der Waals surface area contributed by atoms with E-state index in [2.05, 4.69) is 5.32 Å². The summed E-state index contributed by atoms with van der Waals surface area (Å²) in [5.41, 5.74) is -0.0771. The minimum absolute atomic E-state index is 0.289. The third kappa shape index (κ3) is 1.52. The van der Waals surface area contributed by atoms with Gasteiger partial charge in [0.15, 0.2) is 0 Å². The van der Waals surface area contributed by atoms with Crippen LogP contribution in [-0.4, -0.2) is 13.1 Å². The lowest BCUT2D eigenvalue weighted by Gasteiger charge is -2.20. The van der Waals surface area contributed by atoms with E-state index in [1.165, 1.54) is 12.1 Å². The molecule has 0 saturated carbocycles. The Morgan fingerprint density at radius 3 is 2.86 bits per heavy atom. The molecule has 76 valence electrons. The van der Waals surface area contributed by atoms with Gasteiger partial charge in [-0.1, -0.05) is 6.07 Å². The van der Waals surface area contributed by atoms with Crippen LogP contribution in [0, 0.1) is 12.7 Å². The molecule has 3 heteroatoms. The van der Waals surface area contributed by atoms with E-state index in [1.807, 2.05) is 6.92 Å². The molecule has 1 atom stereocenters. The summed E-state index contributed by atoms with van der Waals surface area (Å²) in [4.78, 5) is 0. The molecular weight excluding hydrogens is 184 g/mol. The smallest absolute Gasteiger partial charge is 0.149 e. The Bertz CT molecular complexity index is 343. The standard InChI is InChI=1S/C11H13F2N/c1-8-2-3-9(12)6-10(8)11(13)4-5-14-7-11/h2-3,6,14H,4-5,7H2,1H3. The van der Waals surface area contributed by atoms with Crippen molar-refractivity contribution < 1.29 is 8.78 Å². The monoisotopic (exact) mass is 197 g/mol. The van der Waals surface area contributed by atoms with Gasteiger partial charge in [-0.05, 0) is 43.1 Å². The quantitative estimate of drug-likeness (QED) is 0.728. The van der Waals surface area contributed by atoms with E-state index in [-0.39, 0.29) is 12.4 Å². The highest BCUT2D eigenvalue weighted by molar-refractivity contribution is 5.33. The maximum Gasteiger partial charge on any atom is 0.149 e. The fourth-order valence-corrected chi connectivity index (χ4v) is 1.97. The number of halogens is 2. The average molecular weight is 197 g/mol. The van der Waals surface area contributed by atoms with Crippen molar-refractivity contribution in [3.8, 4) is 0 Å². The molecule has 0 bridgehead atoms. The lowest BCUT2D eigenvalue weighted by atomic mass is 9.91. The maximum absolute atomic E-state index is 14.3. The van der Waals surface area contributed by atoms with E-state index in [4.69, 9.17) is 0 Å². The van der Waals surface area contributed by atoms with E-state index < -0.39 is 5.67 Å². The van der Waals surface area contributed by atoms with Crippen molar-refractivity contribution in [2.24, 2.45) is 0 Å². The molecule has 1 fully saturated rings. The van der Waals surface area contributed by atoms with Gasteiger partial charge in [-0.2, -0.15) is 0 Å². The summed E-state index contributed by atoms with van der Waals surface area (Å²) < 4.78 is 27.2. The van der Waals surface area contributed by atoms with E-state index >= 15 is 0 Å². The first-order valence-corrected chi connectivity index (χ1v) is 4.78. The first-order valence-electron chi connectivity index (χ1n) is 4.78. The summed E-state index contributed by atoms with van der Waals surface area (Å²) in [7, 11) is 0. The molecular formula is C11H13F2N. The van der Waals surface area contributed by atoms with E-state index in [0.717, 1.165) is 5.56 Å². The number of hydrogen-bond donors (Lipinski definition) is 1. The fraction of sp³-hybridized carbons (Fsp3) is 0.455. The predicted molar refractivity (Wildman–Crippen MR) is 51.4 cm³/mol. The van der Waals surface area contributed by atoms with Gasteiger partial charge in [0.25, 0.3) is 0 Å². The van der Waals surface area contributed by atoms with Crippen molar-refractivity contribution in [3.63, 3.8) is 0 Å². The molecule has 0 amide bonds. The molecule has 1 aromatic carbocycles. The minimum Gasteiger partial charge on any atom is -0.313 e. The first kappa shape index (κ1) is 9.59. The number of alkyl halides is 1. The number of hydrogen-bond acceptors (Lipinski definition) is 1. The molecule has 2 rings (SSSR count). The topological polar surface area (TPSA) is 12.0 Å². The molecule has 0 aliphatic carbocycles. The summed E-state index contributed by atoms with van der Waals surface area (Å²) in [6.45, 7) is 2.76. The average Bonchev–Trinajstić information content (AvgIpc) is 2.58. The van der Waals surface area contributed by atoms with Crippen molar-refractivity contribution in [2.45, 2.75) is 19.0 Å². The predicted octanol–water partition coefficient (Wildman–Crippen LogP) is 2.29. The number of nitrogens with one attached hydrogen (secondary N) is 1. The molecule has 1 unspecified atom stereocenters. The summed E-state index contributed by atoms with van der Waals surface area (Å²) in [6, 6.07) is 4.30. The molecule has 1 aliphatic heterocycles. The van der Waals surface area contributed by atoms with Crippen LogP contribution in [-0.2, 0) is 5.67 Å². The number of rotatable bonds is 1. The van der Waals surface area contributed by atoms with Gasteiger partial charge in [-0.3, -0.25) is 0 Å². The Balaban J connectivity index is 2.44. The van der Waals surface area contributed by atoms with Crippen LogP contribution in [0.5, 0.6) is 0 Å². The number of benzene rings is 1. The van der Waals surface area contributed by atoms with Crippen LogP contribution in [0.3, 0.4) is 0 Å². The van der Waals surface area contributed by atoms with Crippen LogP contribution in [0.15, 0.2) is 18.2 Å². The Morgan fingerprint density at radius 2 is 2.21 bits per heavy atom. The van der Waals surface area contributed by atoms with Crippen LogP contribution in [0.2, 0.25) is 0 Å². The molecule has 0 radical (unpaired) electrons. The van der Waals surface area contributed by atoms with E-state index in [9.17, 15) is 8.78 Å². The molecule has 1 saturated heterocycles. The van der Waals surface area contributed by atoms with Gasteiger partial charge >= 0.3 is 0 Å². The zero-order valence-electron chi connectivity index (χ0n) is 8.11. The second-order valence-electron chi connectivity index (χ2n) is 3.85. The van der Waals surface area contributed by atoms with Crippen LogP contribution < -0.4 is 5.32 Å². The third-order valence-corrected chi connectivity index (χ3v) is 2.79. The van der Waals surface area contributed by atoms with Crippen molar-refractivity contribution in [3.05, 3.63) is 35.1 Å². The van der Waals surface area contributed by atoms with Crippen LogP contribution in [0.25, 0.3) is 0 Å². The molecule has 0 spiro atoms. The second-order valence-corrected chi connectivity index (χ2v) is 3.85. The van der Waals surface area contributed by atoms with Gasteiger partial charge in [0.1, 0.15) is 11.5 Å². The van der Waals surface area contributed by atoms with Crippen LogP contribution >= 0.6 is 0 Å². The van der Waals surface area contributed by atoms with E-state index in [0.29, 0.717) is 18.5 Å². The summed E-state index contributed by atoms with van der Waals surface area (Å²) in [6.07, 6.45) is 0.428. The van der Waals surface area contributed by atoms with Gasteiger partial charge in [-0.15, -0.1) is 0 Å². The highest BCUT2D eigenvalue weighted by Crippen LogP contribution is 2.34. The SMILES string of the molecule is Cc1ccc(F)cc1C1(F)CCNC1. The molecule has 1 aliphatic rings. The maximum atomic E-state index is 14.3. The molecule has 1 N–H and O–H groups in total. The Labute approximate surface area is 82.1 Å². The minimum atomic E-state index is -1.38. The van der Waals surface area contributed by atoms with Gasteiger partial charge < -0.3 is 5.32 Å². The van der Waals surface area contributed by atoms with Crippen molar-refractivity contribution in [2.75, 3.05) is 13.1 Å². The van der Waals surface area contributed by atoms with Gasteiger partial charge in [0, 0.05) is 6.54 Å². The van der Waals surface area contributed by atoms with E-state index in [1.54, 1.807) is 6.07 Å². The summed E-state index contributed by atoms with van der Waals surface area (Å²) in [5, 5.41) is 2.96. The van der Waals surface area contributed by atoms with Gasteiger partial charge in [0.2, 0.25) is 0 Å². The molecule has 1 nitrogen and oxygen atoms in total. The Hall–Kier alpha value is -0.960. The highest BCUT2D eigenvalue weighted by Gasteiger charge is 2.36. The van der Waals surface area contributed by atoms with Crippen LogP contribution in [0.1, 0.15) is 17.5 Å². The Kier molecular flexibility index (Phi) is 2.27. The molecule has 1 heterocycles. The van der Waals surface area contributed by atoms with Gasteiger partial charge in [-0.25, -0.2) is 8.78 Å². The van der Waals surface area contributed by atoms with Crippen LogP contribution in [0.4, 0.5) is 8.78 Å². The molecule has 1 aromatic rings. The first-order chi connectivity index (χ1) is 6.62. The zero-order chi connectivity index (χ0) is 10.2. The summed E-state index contributed by atoms with van der Waals surface area (Å²) in [5.74, 6) is -0.366. The number of aryl methyl sites for hydroxylation is 1. The normalized spacial score (nSPS) is 26.8. The van der Waals surface area contributed by atoms with Crippen molar-refractivity contribution in [1.82, 2.24) is 5.32 Å². The second kappa shape index (κ2) is 3.31.